The van der Waals surface area contributed by atoms with Gasteiger partial charge >= 0.3 is 6.03 Å². The second-order valence-electron chi connectivity index (χ2n) is 5.10. The van der Waals surface area contributed by atoms with Gasteiger partial charge in [0.15, 0.2) is 22.4 Å². The van der Waals surface area contributed by atoms with Gasteiger partial charge in [0, 0.05) is 11.4 Å². The summed E-state index contributed by atoms with van der Waals surface area (Å²) in [5.41, 5.74) is 0.137. The van der Waals surface area contributed by atoms with Crippen molar-refractivity contribution in [3.05, 3.63) is 53.8 Å². The lowest BCUT2D eigenvalue weighted by molar-refractivity contribution is 0.262. The number of rotatable bonds is 6. The van der Waals surface area contributed by atoms with Gasteiger partial charge in [-0.3, -0.25) is 5.32 Å². The van der Waals surface area contributed by atoms with Crippen LogP contribution >= 0.6 is 11.3 Å². The first-order chi connectivity index (χ1) is 13.1. The fraction of sp³-hybridized carbons (Fsp3) is 0.111. The van der Waals surface area contributed by atoms with Crippen molar-refractivity contribution in [2.45, 2.75) is 0 Å². The summed E-state index contributed by atoms with van der Waals surface area (Å²) in [4.78, 5) is 16.0. The van der Waals surface area contributed by atoms with E-state index >= 15 is 0 Å². The maximum absolute atomic E-state index is 13.7. The number of methoxy groups -OCH3 is 2. The lowest BCUT2D eigenvalue weighted by Gasteiger charge is -2.16. The van der Waals surface area contributed by atoms with E-state index in [-0.39, 0.29) is 11.4 Å². The molecule has 27 heavy (non-hydrogen) atoms. The molecule has 1 aromatic heterocycles. The van der Waals surface area contributed by atoms with Crippen LogP contribution in [0.5, 0.6) is 23.0 Å². The third-order valence-electron chi connectivity index (χ3n) is 3.39. The molecule has 7 nitrogen and oxygen atoms in total. The quantitative estimate of drug-likeness (QED) is 0.648. The van der Waals surface area contributed by atoms with Crippen LogP contribution in [0.3, 0.4) is 0 Å². The zero-order valence-corrected chi connectivity index (χ0v) is 15.2. The second-order valence-corrected chi connectivity index (χ2v) is 5.95. The topological polar surface area (TPSA) is 81.7 Å². The summed E-state index contributed by atoms with van der Waals surface area (Å²) in [6.45, 7) is 0. The summed E-state index contributed by atoms with van der Waals surface area (Å²) < 4.78 is 30.1. The van der Waals surface area contributed by atoms with Gasteiger partial charge in [-0.25, -0.2) is 14.2 Å². The largest absolute Gasteiger partial charge is 0.493 e. The molecular formula is C18H15FN3O4S. The van der Waals surface area contributed by atoms with E-state index in [0.717, 1.165) is 6.07 Å². The third kappa shape index (κ3) is 4.45. The van der Waals surface area contributed by atoms with E-state index < -0.39 is 11.8 Å². The number of anilines is 2. The summed E-state index contributed by atoms with van der Waals surface area (Å²) in [5.74, 6) is 0.894. The Balaban J connectivity index is 1.85. The van der Waals surface area contributed by atoms with Crippen LogP contribution in [0.2, 0.25) is 0 Å². The lowest BCUT2D eigenvalue weighted by Crippen LogP contribution is -2.19. The maximum Gasteiger partial charge on any atom is 0.325 e. The standard InChI is InChI=1S/C18H15FN3O4S/c1-24-14-4-3-5-15(16(14)25-2)26-13-7-6-11(19)10-12(13)21-17(23)22-18-20-8-9-27-18/h3-7,9-10H,1-2H3,(H2,20,21,22,23). The van der Waals surface area contributed by atoms with Gasteiger partial charge in [0.2, 0.25) is 5.75 Å². The van der Waals surface area contributed by atoms with Crippen LogP contribution in [-0.4, -0.2) is 25.2 Å². The van der Waals surface area contributed by atoms with Gasteiger partial charge in [0.1, 0.15) is 12.0 Å². The molecule has 2 N–H and O–H groups in total. The van der Waals surface area contributed by atoms with E-state index in [0.29, 0.717) is 22.4 Å². The summed E-state index contributed by atoms with van der Waals surface area (Å²) in [7, 11) is 2.99. The van der Waals surface area contributed by atoms with Gasteiger partial charge in [-0.1, -0.05) is 6.07 Å². The number of urea groups is 1. The molecule has 3 rings (SSSR count). The first kappa shape index (κ1) is 18.5. The van der Waals surface area contributed by atoms with Crippen molar-refractivity contribution in [1.82, 2.24) is 4.98 Å². The molecule has 0 bridgehead atoms. The molecule has 2 aromatic carbocycles. The molecule has 139 valence electrons. The summed E-state index contributed by atoms with van der Waals surface area (Å²) >= 11 is 1.21. The number of halogens is 1. The van der Waals surface area contributed by atoms with Crippen molar-refractivity contribution in [3.8, 4) is 23.0 Å². The molecule has 2 amide bonds. The SMILES string of the molecule is COc1cccc(Oc2ccc(F)cc2NC(=O)Nc2n[c]cs2)c1OC. The number of nitrogens with zero attached hydrogens (tertiary/aromatic N) is 1. The van der Waals surface area contributed by atoms with Crippen LogP contribution in [0.1, 0.15) is 0 Å². The molecule has 3 aromatic rings. The van der Waals surface area contributed by atoms with Crippen molar-refractivity contribution < 1.29 is 23.4 Å². The molecule has 0 fully saturated rings. The van der Waals surface area contributed by atoms with Gasteiger partial charge < -0.3 is 19.5 Å². The Morgan fingerprint density at radius 1 is 1.11 bits per heavy atom. The number of aromatic nitrogens is 1. The highest BCUT2D eigenvalue weighted by molar-refractivity contribution is 7.13. The second kappa shape index (κ2) is 8.37. The third-order valence-corrected chi connectivity index (χ3v) is 4.03. The number of hydrogen-bond donors (Lipinski definition) is 2. The van der Waals surface area contributed by atoms with E-state index in [9.17, 15) is 9.18 Å². The zero-order chi connectivity index (χ0) is 19.2. The first-order valence-electron chi connectivity index (χ1n) is 7.68. The van der Waals surface area contributed by atoms with Crippen molar-refractivity contribution in [3.63, 3.8) is 0 Å². The van der Waals surface area contributed by atoms with E-state index in [1.807, 2.05) is 0 Å². The van der Waals surface area contributed by atoms with Crippen molar-refractivity contribution in [1.29, 1.82) is 0 Å². The monoisotopic (exact) mass is 388 g/mol. The Kier molecular flexibility index (Phi) is 5.72. The molecule has 0 aliphatic rings. The number of para-hydroxylation sites is 1. The summed E-state index contributed by atoms with van der Waals surface area (Å²) in [6, 6.07) is 8.29. The van der Waals surface area contributed by atoms with Crippen LogP contribution in [0, 0.1) is 12.0 Å². The summed E-state index contributed by atoms with van der Waals surface area (Å²) in [6.07, 6.45) is 2.59. The molecule has 9 heteroatoms. The van der Waals surface area contributed by atoms with Gasteiger partial charge in [0.05, 0.1) is 19.9 Å². The Hall–Kier alpha value is -3.33. The minimum absolute atomic E-state index is 0.137. The highest BCUT2D eigenvalue weighted by Crippen LogP contribution is 2.41. The van der Waals surface area contributed by atoms with Gasteiger partial charge in [-0.2, -0.15) is 0 Å². The molecule has 0 unspecified atom stereocenters. The predicted molar refractivity (Wildman–Crippen MR) is 99.6 cm³/mol. The number of hydrogen-bond acceptors (Lipinski definition) is 6. The Morgan fingerprint density at radius 3 is 2.63 bits per heavy atom. The zero-order valence-electron chi connectivity index (χ0n) is 14.4. The number of carbonyl (C=O) groups is 1. The maximum atomic E-state index is 13.7. The van der Waals surface area contributed by atoms with Crippen LogP contribution < -0.4 is 24.8 Å². The van der Waals surface area contributed by atoms with Crippen LogP contribution in [0.25, 0.3) is 0 Å². The Morgan fingerprint density at radius 2 is 1.93 bits per heavy atom. The average Bonchev–Trinajstić information content (AvgIpc) is 3.16. The number of carbonyl (C=O) groups excluding carboxylic acids is 1. The highest BCUT2D eigenvalue weighted by Gasteiger charge is 2.15. The molecule has 0 saturated carbocycles. The van der Waals surface area contributed by atoms with Crippen LogP contribution in [0.4, 0.5) is 20.0 Å². The minimum atomic E-state index is -0.591. The molecule has 1 heterocycles. The lowest BCUT2D eigenvalue weighted by atomic mass is 10.2. The number of thiazole rings is 1. The Bertz CT molecular complexity index is 934. The minimum Gasteiger partial charge on any atom is -0.493 e. The predicted octanol–water partition coefficient (Wildman–Crippen LogP) is 4.54. The highest BCUT2D eigenvalue weighted by atomic mass is 32.1. The fourth-order valence-corrected chi connectivity index (χ4v) is 2.72. The van der Waals surface area contributed by atoms with Crippen molar-refractivity contribution in [2.24, 2.45) is 0 Å². The molecule has 0 spiro atoms. The first-order valence-corrected chi connectivity index (χ1v) is 8.56. The number of benzene rings is 2. The van der Waals surface area contributed by atoms with Crippen molar-refractivity contribution in [2.75, 3.05) is 24.9 Å². The molecular weight excluding hydrogens is 373 g/mol. The summed E-state index contributed by atoms with van der Waals surface area (Å²) in [5, 5.41) is 7.03. The molecule has 0 aliphatic carbocycles. The Labute approximate surface area is 158 Å². The van der Waals surface area contributed by atoms with E-state index in [4.69, 9.17) is 14.2 Å². The van der Waals surface area contributed by atoms with E-state index in [2.05, 4.69) is 21.8 Å². The van der Waals surface area contributed by atoms with E-state index in [1.54, 1.807) is 23.6 Å². The van der Waals surface area contributed by atoms with Gasteiger partial charge in [0.25, 0.3) is 0 Å². The van der Waals surface area contributed by atoms with Crippen LogP contribution in [0.15, 0.2) is 41.8 Å². The molecule has 0 atom stereocenters. The molecule has 1 radical (unpaired) electrons. The van der Waals surface area contributed by atoms with Crippen LogP contribution in [-0.2, 0) is 0 Å². The van der Waals surface area contributed by atoms with Gasteiger partial charge in [-0.05, 0) is 24.3 Å². The normalized spacial score (nSPS) is 10.2. The average molecular weight is 388 g/mol. The fourth-order valence-electron chi connectivity index (χ4n) is 2.25. The molecule has 0 aliphatic heterocycles. The number of nitrogens with one attached hydrogen (secondary N) is 2. The molecule has 0 saturated heterocycles. The number of ether oxygens (including phenoxy) is 3. The van der Waals surface area contributed by atoms with Gasteiger partial charge in [-0.15, -0.1) is 11.3 Å². The number of amides is 2. The van der Waals surface area contributed by atoms with E-state index in [1.165, 1.54) is 37.7 Å². The smallest absolute Gasteiger partial charge is 0.325 e. The van der Waals surface area contributed by atoms with Crippen molar-refractivity contribution >= 4 is 28.2 Å².